The first-order valence-corrected chi connectivity index (χ1v) is 12.1. The van der Waals surface area contributed by atoms with E-state index < -0.39 is 17.3 Å². The van der Waals surface area contributed by atoms with Crippen LogP contribution >= 0.6 is 23.2 Å². The molecule has 0 aliphatic carbocycles. The van der Waals surface area contributed by atoms with Gasteiger partial charge in [-0.3, -0.25) is 4.79 Å². The van der Waals surface area contributed by atoms with E-state index in [9.17, 15) is 9.59 Å². The number of aromatic nitrogens is 3. The number of hydrogen-bond donors (Lipinski definition) is 3. The number of nitrogens with one attached hydrogen (secondary N) is 3. The predicted octanol–water partition coefficient (Wildman–Crippen LogP) is 4.01. The number of alkyl carbamates (subject to hydrolysis) is 1. The molecule has 37 heavy (non-hydrogen) atoms. The molecule has 0 radical (unpaired) electrons. The van der Waals surface area contributed by atoms with Crippen LogP contribution < -0.4 is 25.7 Å². The molecule has 198 valence electrons. The van der Waals surface area contributed by atoms with E-state index in [0.29, 0.717) is 35.7 Å². The van der Waals surface area contributed by atoms with Crippen molar-refractivity contribution in [3.05, 3.63) is 38.7 Å². The van der Waals surface area contributed by atoms with E-state index in [4.69, 9.17) is 42.1 Å². The van der Waals surface area contributed by atoms with Crippen molar-refractivity contribution in [1.29, 1.82) is 0 Å². The Bertz CT molecular complexity index is 1360. The molecule has 3 heterocycles. The normalized spacial score (nSPS) is 17.5. The Morgan fingerprint density at radius 1 is 1.11 bits per heavy atom. The van der Waals surface area contributed by atoms with Crippen LogP contribution in [0.4, 0.5) is 10.7 Å². The summed E-state index contributed by atoms with van der Waals surface area (Å²) in [6.07, 6.45) is 1.01. The number of carbonyl (C=O) groups is 1. The highest BCUT2D eigenvalue weighted by Gasteiger charge is 2.32. The average Bonchev–Trinajstić information content (AvgIpc) is 3.24. The molecule has 11 nitrogen and oxygen atoms in total. The fraction of sp³-hybridized carbons (Fsp3) is 0.417. The lowest BCUT2D eigenvalue weighted by molar-refractivity contribution is 0.0497. The number of benzene rings is 1. The number of halogens is 2. The number of pyridine rings is 1. The van der Waals surface area contributed by atoms with Crippen molar-refractivity contribution in [3.8, 4) is 22.6 Å². The molecule has 13 heteroatoms. The van der Waals surface area contributed by atoms with Gasteiger partial charge in [0.1, 0.15) is 22.7 Å². The van der Waals surface area contributed by atoms with Crippen LogP contribution in [0.5, 0.6) is 11.5 Å². The summed E-state index contributed by atoms with van der Waals surface area (Å²) in [5.74, 6) is 0.865. The number of fused-ring (bicyclic) bond motifs is 1. The van der Waals surface area contributed by atoms with Crippen LogP contribution in [0.25, 0.3) is 22.2 Å². The van der Waals surface area contributed by atoms with Crippen molar-refractivity contribution in [3.63, 3.8) is 0 Å². The van der Waals surface area contributed by atoms with E-state index >= 15 is 0 Å². The maximum Gasteiger partial charge on any atom is 0.408 e. The van der Waals surface area contributed by atoms with Crippen molar-refractivity contribution >= 4 is 46.3 Å². The van der Waals surface area contributed by atoms with Crippen molar-refractivity contribution in [1.82, 2.24) is 20.3 Å². The molecule has 0 bridgehead atoms. The molecule has 2 aromatic heterocycles. The Balaban J connectivity index is 1.61. The maximum absolute atomic E-state index is 13.1. The van der Waals surface area contributed by atoms with Crippen LogP contribution in [-0.2, 0) is 9.47 Å². The zero-order chi connectivity index (χ0) is 26.9. The Morgan fingerprint density at radius 3 is 2.38 bits per heavy atom. The number of ether oxygens (including phenoxy) is 4. The van der Waals surface area contributed by atoms with Gasteiger partial charge < -0.3 is 34.6 Å². The van der Waals surface area contributed by atoms with Gasteiger partial charge in [-0.1, -0.05) is 23.2 Å². The van der Waals surface area contributed by atoms with Crippen molar-refractivity contribution in [2.45, 2.75) is 38.5 Å². The molecule has 4 rings (SSSR count). The third-order valence-electron chi connectivity index (χ3n) is 5.53. The molecule has 3 N–H and O–H groups in total. The number of aromatic amines is 1. The second kappa shape index (κ2) is 10.6. The lowest BCUT2D eigenvalue weighted by Crippen LogP contribution is -2.47. The molecule has 1 aliphatic heterocycles. The second-order valence-corrected chi connectivity index (χ2v) is 10.1. The number of methoxy groups -OCH3 is 2. The van der Waals surface area contributed by atoms with Gasteiger partial charge in [0.25, 0.3) is 5.56 Å². The molecular weight excluding hydrogens is 525 g/mol. The van der Waals surface area contributed by atoms with E-state index in [1.165, 1.54) is 14.2 Å². The van der Waals surface area contributed by atoms with Gasteiger partial charge in [0.2, 0.25) is 5.95 Å². The quantitative estimate of drug-likeness (QED) is 0.414. The summed E-state index contributed by atoms with van der Waals surface area (Å²) in [5, 5.41) is 6.83. The van der Waals surface area contributed by atoms with E-state index in [2.05, 4.69) is 25.6 Å². The summed E-state index contributed by atoms with van der Waals surface area (Å²) in [7, 11) is 2.91. The van der Waals surface area contributed by atoms with Gasteiger partial charge in [0, 0.05) is 23.2 Å². The number of carbonyl (C=O) groups excluding carboxylic acids is 1. The minimum Gasteiger partial charge on any atom is -0.495 e. The number of H-pyrrole nitrogens is 1. The standard InChI is InChI=1S/C24H27Cl2N5O6/c1-24(2,3)37-23(33)29-14-10-36-9-13(14)28-22-27-8-11-6-12(21(32)30-20(11)31-22)17-18(25)15(34-4)7-16(35-5)19(17)26/h6-8,13-14H,9-10H2,1-5H3,(H,29,33)(H2,27,28,30,31,32). The number of nitrogens with zero attached hydrogens (tertiary/aromatic N) is 2. The van der Waals surface area contributed by atoms with Crippen molar-refractivity contribution in [2.24, 2.45) is 0 Å². The first-order valence-electron chi connectivity index (χ1n) is 11.3. The van der Waals surface area contributed by atoms with Crippen molar-refractivity contribution in [2.75, 3.05) is 32.8 Å². The smallest absolute Gasteiger partial charge is 0.408 e. The Hall–Kier alpha value is -3.28. The van der Waals surface area contributed by atoms with Crippen LogP contribution in [0.15, 0.2) is 23.1 Å². The third-order valence-corrected chi connectivity index (χ3v) is 6.28. The zero-order valence-electron chi connectivity index (χ0n) is 20.9. The molecule has 2 atom stereocenters. The molecule has 1 aliphatic rings. The molecule has 1 aromatic carbocycles. The average molecular weight is 552 g/mol. The molecule has 1 amide bonds. The topological polar surface area (TPSA) is 137 Å². The van der Waals surface area contributed by atoms with Gasteiger partial charge in [-0.05, 0) is 26.8 Å². The first-order chi connectivity index (χ1) is 17.5. The van der Waals surface area contributed by atoms with Crippen LogP contribution in [0.2, 0.25) is 10.0 Å². The van der Waals surface area contributed by atoms with Crippen LogP contribution in [0, 0.1) is 0 Å². The summed E-state index contributed by atoms with van der Waals surface area (Å²) in [6, 6.07) is 2.47. The lowest BCUT2D eigenvalue weighted by atomic mass is 10.0. The van der Waals surface area contributed by atoms with Gasteiger partial charge in [-0.15, -0.1) is 0 Å². The minimum atomic E-state index is -0.622. The number of hydrogen-bond acceptors (Lipinski definition) is 9. The van der Waals surface area contributed by atoms with Crippen LogP contribution in [-0.4, -0.2) is 66.2 Å². The number of rotatable bonds is 6. The fourth-order valence-corrected chi connectivity index (χ4v) is 4.54. The summed E-state index contributed by atoms with van der Waals surface area (Å²) in [6.45, 7) is 5.99. The molecule has 0 saturated carbocycles. The molecule has 2 unspecified atom stereocenters. The SMILES string of the molecule is COc1cc(OC)c(Cl)c(-c2cc3cnc(NC4COCC4NC(=O)OC(C)(C)C)nc3[nH]c2=O)c1Cl. The molecule has 1 fully saturated rings. The zero-order valence-corrected chi connectivity index (χ0v) is 22.4. The highest BCUT2D eigenvalue weighted by Crippen LogP contribution is 2.45. The minimum absolute atomic E-state index is 0.169. The van der Waals surface area contributed by atoms with E-state index in [1.807, 2.05) is 0 Å². The Kier molecular flexibility index (Phi) is 7.67. The Labute approximate surface area is 222 Å². The van der Waals surface area contributed by atoms with Crippen LogP contribution in [0.3, 0.4) is 0 Å². The van der Waals surface area contributed by atoms with Gasteiger partial charge in [0.05, 0.1) is 55.1 Å². The summed E-state index contributed by atoms with van der Waals surface area (Å²) >= 11 is 13.0. The van der Waals surface area contributed by atoms with Gasteiger partial charge in [0.15, 0.2) is 0 Å². The maximum atomic E-state index is 13.1. The first kappa shape index (κ1) is 26.8. The van der Waals surface area contributed by atoms with Gasteiger partial charge in [-0.25, -0.2) is 9.78 Å². The predicted molar refractivity (Wildman–Crippen MR) is 140 cm³/mol. The summed E-state index contributed by atoms with van der Waals surface area (Å²) in [5.41, 5.74) is -0.323. The monoisotopic (exact) mass is 551 g/mol. The highest BCUT2D eigenvalue weighted by molar-refractivity contribution is 6.41. The Morgan fingerprint density at radius 2 is 1.76 bits per heavy atom. The second-order valence-electron chi connectivity index (χ2n) is 9.33. The van der Waals surface area contributed by atoms with Crippen LogP contribution in [0.1, 0.15) is 20.8 Å². The number of anilines is 1. The molecule has 3 aromatic rings. The largest absolute Gasteiger partial charge is 0.495 e. The fourth-order valence-electron chi connectivity index (χ4n) is 3.83. The summed E-state index contributed by atoms with van der Waals surface area (Å²) < 4.78 is 21.5. The van der Waals surface area contributed by atoms with E-state index in [-0.39, 0.29) is 39.2 Å². The number of amides is 1. The van der Waals surface area contributed by atoms with Gasteiger partial charge >= 0.3 is 6.09 Å². The molecule has 0 spiro atoms. The summed E-state index contributed by atoms with van der Waals surface area (Å²) in [4.78, 5) is 36.8. The van der Waals surface area contributed by atoms with E-state index in [0.717, 1.165) is 0 Å². The molecule has 1 saturated heterocycles. The molecular formula is C24H27Cl2N5O6. The van der Waals surface area contributed by atoms with E-state index in [1.54, 1.807) is 39.1 Å². The van der Waals surface area contributed by atoms with Gasteiger partial charge in [-0.2, -0.15) is 4.98 Å². The third kappa shape index (κ3) is 5.84. The lowest BCUT2D eigenvalue weighted by Gasteiger charge is -2.24. The highest BCUT2D eigenvalue weighted by atomic mass is 35.5. The van der Waals surface area contributed by atoms with Crippen molar-refractivity contribution < 1.29 is 23.7 Å².